The average Bonchev–Trinajstić information content (AvgIpc) is 3.24. The van der Waals surface area contributed by atoms with Crippen molar-refractivity contribution in [2.45, 2.75) is 5.37 Å². The first-order valence-electron chi connectivity index (χ1n) is 10.2. The normalized spacial score (nSPS) is 18.0. The highest BCUT2D eigenvalue weighted by atomic mass is 35.5. The second-order valence-electron chi connectivity index (χ2n) is 7.38. The van der Waals surface area contributed by atoms with Crippen molar-refractivity contribution >= 4 is 63.5 Å². The van der Waals surface area contributed by atoms with Crippen LogP contribution in [0.4, 0.5) is 4.39 Å². The lowest BCUT2D eigenvalue weighted by Crippen LogP contribution is -2.34. The van der Waals surface area contributed by atoms with Crippen LogP contribution in [0.25, 0.3) is 0 Å². The number of hydrogen-bond acceptors (Lipinski definition) is 6. The van der Waals surface area contributed by atoms with Crippen molar-refractivity contribution in [2.75, 3.05) is 11.5 Å². The van der Waals surface area contributed by atoms with Crippen LogP contribution in [-0.2, 0) is 4.79 Å². The standard InChI is InChI=1S/C24H16Cl2FN3O2S2/c25-18-11-19(26)20(27)10-17(18)21-12-34-24(29-28-21)30-22(31)13-33-23(30)14-5-4-8-16(9-14)32-15-6-2-1-3-7-15/h1-11,23H,12-13H2. The van der Waals surface area contributed by atoms with E-state index in [1.807, 2.05) is 54.6 Å². The Morgan fingerprint density at radius 3 is 2.50 bits per heavy atom. The van der Waals surface area contributed by atoms with Gasteiger partial charge in [0.2, 0.25) is 5.91 Å². The highest BCUT2D eigenvalue weighted by molar-refractivity contribution is 8.14. The van der Waals surface area contributed by atoms with Crippen LogP contribution < -0.4 is 4.74 Å². The first-order valence-corrected chi connectivity index (χ1v) is 13.0. The summed E-state index contributed by atoms with van der Waals surface area (Å²) in [5.41, 5.74) is 1.87. The molecule has 1 atom stereocenters. The zero-order valence-electron chi connectivity index (χ0n) is 17.5. The number of amides is 1. The predicted octanol–water partition coefficient (Wildman–Crippen LogP) is 7.01. The van der Waals surface area contributed by atoms with E-state index in [9.17, 15) is 9.18 Å². The van der Waals surface area contributed by atoms with Crippen LogP contribution in [0.3, 0.4) is 0 Å². The molecule has 2 heterocycles. The third-order valence-corrected chi connectivity index (χ3v) is 7.88. The van der Waals surface area contributed by atoms with E-state index in [0.29, 0.717) is 38.7 Å². The average molecular weight is 532 g/mol. The Labute approximate surface area is 214 Å². The summed E-state index contributed by atoms with van der Waals surface area (Å²) in [4.78, 5) is 14.4. The number of nitrogens with zero attached hydrogens (tertiary/aromatic N) is 3. The maximum absolute atomic E-state index is 13.9. The van der Waals surface area contributed by atoms with Crippen molar-refractivity contribution in [1.29, 1.82) is 0 Å². The summed E-state index contributed by atoms with van der Waals surface area (Å²) in [5.74, 6) is 1.51. The Morgan fingerprint density at radius 1 is 0.941 bits per heavy atom. The van der Waals surface area contributed by atoms with Crippen molar-refractivity contribution in [3.63, 3.8) is 0 Å². The molecule has 34 heavy (non-hydrogen) atoms. The van der Waals surface area contributed by atoms with Crippen LogP contribution in [0.1, 0.15) is 16.5 Å². The van der Waals surface area contributed by atoms with Crippen molar-refractivity contribution in [3.8, 4) is 11.5 Å². The molecule has 1 saturated heterocycles. The first kappa shape index (κ1) is 23.2. The van der Waals surface area contributed by atoms with Crippen molar-refractivity contribution in [2.24, 2.45) is 10.2 Å². The van der Waals surface area contributed by atoms with E-state index in [2.05, 4.69) is 10.2 Å². The SMILES string of the molecule is O=C1CSC(c2cccc(Oc3ccccc3)c2)N1C1=NN=C(c2cc(F)c(Cl)cc2Cl)CS1. The topological polar surface area (TPSA) is 54.3 Å². The van der Waals surface area contributed by atoms with Gasteiger partial charge < -0.3 is 4.74 Å². The maximum Gasteiger partial charge on any atom is 0.239 e. The molecule has 5 rings (SSSR count). The van der Waals surface area contributed by atoms with Gasteiger partial charge in [0.1, 0.15) is 22.7 Å². The zero-order valence-corrected chi connectivity index (χ0v) is 20.6. The quantitative estimate of drug-likeness (QED) is 0.340. The van der Waals surface area contributed by atoms with Crippen LogP contribution >= 0.6 is 46.7 Å². The number of rotatable bonds is 4. The largest absolute Gasteiger partial charge is 0.457 e. The number of carbonyl (C=O) groups is 1. The van der Waals surface area contributed by atoms with Crippen molar-refractivity contribution in [3.05, 3.63) is 93.7 Å². The molecule has 0 aliphatic carbocycles. The molecule has 2 aliphatic rings. The van der Waals surface area contributed by atoms with Crippen LogP contribution in [-0.4, -0.2) is 33.2 Å². The Hall–Kier alpha value is -2.52. The number of amidine groups is 1. The second kappa shape index (κ2) is 10.00. The minimum absolute atomic E-state index is 0.0511. The number of ether oxygens (including phenoxy) is 1. The van der Waals surface area contributed by atoms with Gasteiger partial charge in [-0.05, 0) is 42.0 Å². The van der Waals surface area contributed by atoms with Crippen LogP contribution in [0.2, 0.25) is 10.0 Å². The summed E-state index contributed by atoms with van der Waals surface area (Å²) < 4.78 is 19.9. The summed E-state index contributed by atoms with van der Waals surface area (Å²) in [6.45, 7) is 0. The fourth-order valence-electron chi connectivity index (χ4n) is 3.52. The molecule has 0 aromatic heterocycles. The number of hydrogen-bond donors (Lipinski definition) is 0. The fourth-order valence-corrected chi connectivity index (χ4v) is 6.15. The summed E-state index contributed by atoms with van der Waals surface area (Å²) in [6, 6.07) is 19.8. The molecule has 2 aliphatic heterocycles. The molecule has 10 heteroatoms. The predicted molar refractivity (Wildman–Crippen MR) is 138 cm³/mol. The lowest BCUT2D eigenvalue weighted by atomic mass is 10.1. The summed E-state index contributed by atoms with van der Waals surface area (Å²) >= 11 is 14.9. The molecule has 0 spiro atoms. The van der Waals surface area contributed by atoms with E-state index in [1.54, 1.807) is 4.90 Å². The van der Waals surface area contributed by atoms with Gasteiger partial charge in [0.25, 0.3) is 0 Å². The second-order valence-corrected chi connectivity index (χ2v) is 10.2. The third-order valence-electron chi connectivity index (χ3n) is 5.11. The smallest absolute Gasteiger partial charge is 0.239 e. The van der Waals surface area contributed by atoms with E-state index in [0.717, 1.165) is 11.3 Å². The maximum atomic E-state index is 13.9. The molecule has 1 amide bonds. The molecule has 172 valence electrons. The summed E-state index contributed by atoms with van der Waals surface area (Å²) in [7, 11) is 0. The monoisotopic (exact) mass is 531 g/mol. The number of carbonyl (C=O) groups excluding carboxylic acids is 1. The molecular formula is C24H16Cl2FN3O2S2. The van der Waals surface area contributed by atoms with Gasteiger partial charge in [0.15, 0.2) is 5.17 Å². The number of benzene rings is 3. The highest BCUT2D eigenvalue weighted by Crippen LogP contribution is 2.42. The van der Waals surface area contributed by atoms with Gasteiger partial charge in [0.05, 0.1) is 21.5 Å². The molecule has 3 aromatic rings. The molecule has 1 fully saturated rings. The highest BCUT2D eigenvalue weighted by Gasteiger charge is 2.37. The Bertz CT molecular complexity index is 1320. The molecule has 1 unspecified atom stereocenters. The summed E-state index contributed by atoms with van der Waals surface area (Å²) in [6.07, 6.45) is 0. The minimum atomic E-state index is -0.577. The molecule has 3 aromatic carbocycles. The van der Waals surface area contributed by atoms with Crippen LogP contribution in [0, 0.1) is 5.82 Å². The zero-order chi connectivity index (χ0) is 23.7. The molecule has 0 radical (unpaired) electrons. The molecule has 0 bridgehead atoms. The minimum Gasteiger partial charge on any atom is -0.457 e. The van der Waals surface area contributed by atoms with Gasteiger partial charge in [-0.3, -0.25) is 9.69 Å². The lowest BCUT2D eigenvalue weighted by molar-refractivity contribution is -0.124. The van der Waals surface area contributed by atoms with Gasteiger partial charge in [-0.1, -0.05) is 65.3 Å². The molecule has 0 saturated carbocycles. The van der Waals surface area contributed by atoms with Crippen molar-refractivity contribution in [1.82, 2.24) is 4.90 Å². The van der Waals surface area contributed by atoms with Crippen LogP contribution in [0.15, 0.2) is 76.9 Å². The number of halogens is 3. The third kappa shape index (κ3) is 4.81. The van der Waals surface area contributed by atoms with Gasteiger partial charge in [0, 0.05) is 11.3 Å². The molecule has 5 nitrogen and oxygen atoms in total. The molecular weight excluding hydrogens is 516 g/mol. The summed E-state index contributed by atoms with van der Waals surface area (Å²) in [5, 5.41) is 9.02. The van der Waals surface area contributed by atoms with E-state index >= 15 is 0 Å². The van der Waals surface area contributed by atoms with Gasteiger partial charge >= 0.3 is 0 Å². The first-order chi connectivity index (χ1) is 16.5. The van der Waals surface area contributed by atoms with E-state index in [4.69, 9.17) is 27.9 Å². The van der Waals surface area contributed by atoms with Crippen molar-refractivity contribution < 1.29 is 13.9 Å². The Balaban J connectivity index is 1.40. The van der Waals surface area contributed by atoms with E-state index in [-0.39, 0.29) is 16.3 Å². The van der Waals surface area contributed by atoms with Crippen LogP contribution in [0.5, 0.6) is 11.5 Å². The lowest BCUT2D eigenvalue weighted by Gasteiger charge is -2.26. The van der Waals surface area contributed by atoms with Gasteiger partial charge in [-0.15, -0.1) is 16.9 Å². The number of para-hydroxylation sites is 1. The Morgan fingerprint density at radius 2 is 1.74 bits per heavy atom. The van der Waals surface area contributed by atoms with Gasteiger partial charge in [-0.2, -0.15) is 5.10 Å². The fraction of sp³-hybridized carbons (Fsp3) is 0.125. The molecule has 0 N–H and O–H groups in total. The van der Waals surface area contributed by atoms with E-state index < -0.39 is 5.82 Å². The van der Waals surface area contributed by atoms with E-state index in [1.165, 1.54) is 35.7 Å². The Kier molecular flexibility index (Phi) is 6.83. The van der Waals surface area contributed by atoms with Gasteiger partial charge in [-0.25, -0.2) is 4.39 Å². The number of thioether (sulfide) groups is 2.